The van der Waals surface area contributed by atoms with Gasteiger partial charge in [0.1, 0.15) is 0 Å². The predicted molar refractivity (Wildman–Crippen MR) is 145 cm³/mol. The number of rotatable bonds is 24. The van der Waals surface area contributed by atoms with Crippen LogP contribution in [0.5, 0.6) is 0 Å². The number of unbranched alkanes of at least 4 members (excludes halogenated alkanes) is 12. The van der Waals surface area contributed by atoms with E-state index in [1.165, 1.54) is 38.5 Å². The molecule has 13 heteroatoms. The Morgan fingerprint density at radius 1 is 0.541 bits per heavy atom. The molecule has 2 N–H and O–H groups in total. The van der Waals surface area contributed by atoms with E-state index in [0.717, 1.165) is 38.5 Å². The first-order valence-corrected chi connectivity index (χ1v) is 16.6. The fourth-order valence-corrected chi connectivity index (χ4v) is 5.54. The maximum atomic E-state index is 11.4. The number of carbonyl (C=O) groups excluding carboxylic acids is 2. The summed E-state index contributed by atoms with van der Waals surface area (Å²) in [5.41, 5.74) is 0. The standard InChI is InChI=1S/2C12H25NO4S.Ca/c2*1-2-3-4-5-6-7-8-11-18(16,17)13-10-9-12(14)15;/h2*13H,2-11H2,1H3,(H,14,15);/q;;+2/p-2. The SMILES string of the molecule is CCCCCCCCCS(=O)(=O)NCCC(=O)[O-].CCCCCCCCCS(=O)(=O)NCCC(=O)[O-].[Ca+2]. The van der Waals surface area contributed by atoms with Gasteiger partial charge in [-0.3, -0.25) is 0 Å². The van der Waals surface area contributed by atoms with Crippen molar-refractivity contribution in [3.63, 3.8) is 0 Å². The second-order valence-corrected chi connectivity index (χ2v) is 12.8. The molecule has 0 saturated carbocycles. The molecule has 37 heavy (non-hydrogen) atoms. The summed E-state index contributed by atoms with van der Waals surface area (Å²) in [6, 6.07) is 0. The van der Waals surface area contributed by atoms with Crippen molar-refractivity contribution < 1.29 is 36.6 Å². The minimum absolute atomic E-state index is 0. The molecule has 0 radical (unpaired) electrons. The van der Waals surface area contributed by atoms with Crippen LogP contribution in [0, 0.1) is 0 Å². The molecule has 0 aliphatic carbocycles. The molecule has 0 fully saturated rings. The molecule has 0 aliphatic heterocycles. The Labute approximate surface area is 255 Å². The summed E-state index contributed by atoms with van der Waals surface area (Å²) in [7, 11) is -6.63. The minimum Gasteiger partial charge on any atom is -0.550 e. The van der Waals surface area contributed by atoms with Crippen LogP contribution in [0.25, 0.3) is 0 Å². The van der Waals surface area contributed by atoms with E-state index in [1.54, 1.807) is 0 Å². The van der Waals surface area contributed by atoms with E-state index >= 15 is 0 Å². The average molecular weight is 597 g/mol. The first-order chi connectivity index (χ1) is 17.0. The van der Waals surface area contributed by atoms with Crippen LogP contribution >= 0.6 is 0 Å². The molecule has 0 aromatic carbocycles. The quantitative estimate of drug-likeness (QED) is 0.124. The van der Waals surface area contributed by atoms with Gasteiger partial charge in [-0.15, -0.1) is 0 Å². The van der Waals surface area contributed by atoms with Gasteiger partial charge in [-0.1, -0.05) is 90.9 Å². The van der Waals surface area contributed by atoms with Gasteiger partial charge in [0.2, 0.25) is 20.0 Å². The maximum Gasteiger partial charge on any atom is 2.00 e. The number of aliphatic carboxylic acids is 2. The van der Waals surface area contributed by atoms with Crippen molar-refractivity contribution in [2.45, 2.75) is 117 Å². The Balaban J connectivity index is -0.000000608. The molecule has 0 heterocycles. The Morgan fingerprint density at radius 2 is 0.811 bits per heavy atom. The summed E-state index contributed by atoms with van der Waals surface area (Å²) in [5.74, 6) is -2.33. The Morgan fingerprint density at radius 3 is 1.08 bits per heavy atom. The van der Waals surface area contributed by atoms with E-state index in [1.807, 2.05) is 0 Å². The zero-order valence-corrected chi connectivity index (χ0v) is 26.8. The zero-order valence-electron chi connectivity index (χ0n) is 22.9. The van der Waals surface area contributed by atoms with E-state index in [9.17, 15) is 36.6 Å². The third-order valence-electron chi connectivity index (χ3n) is 5.34. The number of hydrogen-bond donors (Lipinski definition) is 2. The molecule has 0 rings (SSSR count). The Bertz CT molecular complexity index is 699. The van der Waals surface area contributed by atoms with Crippen LogP contribution in [0.1, 0.15) is 117 Å². The smallest absolute Gasteiger partial charge is 0.550 e. The van der Waals surface area contributed by atoms with E-state index in [0.29, 0.717) is 12.8 Å². The molecule has 0 atom stereocenters. The normalized spacial score (nSPS) is 11.3. The van der Waals surface area contributed by atoms with Gasteiger partial charge in [-0.25, -0.2) is 26.3 Å². The molecule has 0 spiro atoms. The predicted octanol–water partition coefficient (Wildman–Crippen LogP) is 1.21. The Hall–Kier alpha value is 0.0197. The number of sulfonamides is 2. The Kier molecular flexibility index (Phi) is 30.9. The molecular formula is C24H48CaN2O8S2. The summed E-state index contributed by atoms with van der Waals surface area (Å²) in [6.45, 7) is 4.15. The molecule has 0 unspecified atom stereocenters. The summed E-state index contributed by atoms with van der Waals surface area (Å²) < 4.78 is 50.2. The summed E-state index contributed by atoms with van der Waals surface area (Å²) in [4.78, 5) is 20.2. The third kappa shape index (κ3) is 36.0. The van der Waals surface area contributed by atoms with Gasteiger partial charge < -0.3 is 19.8 Å². The van der Waals surface area contributed by atoms with Crippen molar-refractivity contribution in [3.8, 4) is 0 Å². The molecule has 0 aromatic rings. The maximum absolute atomic E-state index is 11.4. The van der Waals surface area contributed by atoms with Gasteiger partial charge in [-0.05, 0) is 12.8 Å². The first kappa shape index (κ1) is 41.5. The number of hydrogen-bond acceptors (Lipinski definition) is 8. The van der Waals surface area contributed by atoms with Crippen LogP contribution in [0.3, 0.4) is 0 Å². The van der Waals surface area contributed by atoms with E-state index in [-0.39, 0.29) is 75.2 Å². The van der Waals surface area contributed by atoms with E-state index in [2.05, 4.69) is 23.3 Å². The molecule has 0 saturated heterocycles. The summed E-state index contributed by atoms with van der Waals surface area (Å²) in [6.07, 6.45) is 14.3. The largest absolute Gasteiger partial charge is 2.00 e. The molecule has 0 aliphatic rings. The van der Waals surface area contributed by atoms with Crippen LogP contribution in [0.4, 0.5) is 0 Å². The van der Waals surface area contributed by atoms with Gasteiger partial charge in [0.25, 0.3) is 0 Å². The molecular weight excluding hydrogens is 548 g/mol. The summed E-state index contributed by atoms with van der Waals surface area (Å²) >= 11 is 0. The zero-order chi connectivity index (χ0) is 27.7. The fraction of sp³-hybridized carbons (Fsp3) is 0.917. The van der Waals surface area contributed by atoms with Crippen molar-refractivity contribution in [2.24, 2.45) is 0 Å². The van der Waals surface area contributed by atoms with Crippen LogP contribution in [0.15, 0.2) is 0 Å². The van der Waals surface area contributed by atoms with Gasteiger partial charge in [-0.2, -0.15) is 0 Å². The van der Waals surface area contributed by atoms with Crippen LogP contribution < -0.4 is 19.7 Å². The van der Waals surface area contributed by atoms with Crippen LogP contribution in [0.2, 0.25) is 0 Å². The van der Waals surface area contributed by atoms with Crippen molar-refractivity contribution in [1.82, 2.24) is 9.44 Å². The molecule has 0 aromatic heterocycles. The van der Waals surface area contributed by atoms with Crippen molar-refractivity contribution >= 4 is 69.7 Å². The topological polar surface area (TPSA) is 173 Å². The van der Waals surface area contributed by atoms with E-state index < -0.39 is 32.0 Å². The van der Waals surface area contributed by atoms with Crippen molar-refractivity contribution in [1.29, 1.82) is 0 Å². The molecule has 0 bridgehead atoms. The van der Waals surface area contributed by atoms with Crippen LogP contribution in [-0.4, -0.2) is 91.1 Å². The number of nitrogens with one attached hydrogen (secondary N) is 2. The first-order valence-electron chi connectivity index (χ1n) is 13.3. The van der Waals surface area contributed by atoms with Crippen molar-refractivity contribution in [2.75, 3.05) is 24.6 Å². The van der Waals surface area contributed by atoms with E-state index in [4.69, 9.17) is 0 Å². The van der Waals surface area contributed by atoms with Gasteiger partial charge in [0, 0.05) is 37.9 Å². The second kappa shape index (κ2) is 27.6. The fourth-order valence-electron chi connectivity index (χ4n) is 3.26. The second-order valence-electron chi connectivity index (χ2n) is 8.91. The average Bonchev–Trinajstić information content (AvgIpc) is 2.77. The monoisotopic (exact) mass is 596 g/mol. The molecule has 0 amide bonds. The van der Waals surface area contributed by atoms with Gasteiger partial charge in [0.05, 0.1) is 11.5 Å². The number of carboxylic acid groups (broad SMARTS) is 2. The van der Waals surface area contributed by atoms with Crippen molar-refractivity contribution in [3.05, 3.63) is 0 Å². The minimum atomic E-state index is -3.32. The van der Waals surface area contributed by atoms with Crippen LogP contribution in [-0.2, 0) is 29.6 Å². The van der Waals surface area contributed by atoms with Gasteiger partial charge in [0.15, 0.2) is 0 Å². The number of carboxylic acids is 2. The number of carbonyl (C=O) groups is 2. The summed E-state index contributed by atoms with van der Waals surface area (Å²) in [5, 5.41) is 20.2. The molecule has 216 valence electrons. The third-order valence-corrected chi connectivity index (χ3v) is 8.28. The van der Waals surface area contributed by atoms with Gasteiger partial charge >= 0.3 is 37.7 Å². The molecule has 10 nitrogen and oxygen atoms in total.